The second-order valence-corrected chi connectivity index (χ2v) is 3.61. The number of carbonyl (C=O) groups is 1. The van der Waals surface area contributed by atoms with Gasteiger partial charge in [-0.2, -0.15) is 0 Å². The van der Waals surface area contributed by atoms with Crippen LogP contribution in [0, 0.1) is 13.8 Å². The normalized spacial score (nSPS) is 14.8. The molecule has 0 aromatic heterocycles. The van der Waals surface area contributed by atoms with Gasteiger partial charge in [-0.1, -0.05) is 0 Å². The van der Waals surface area contributed by atoms with Crippen molar-refractivity contribution in [2.45, 2.75) is 26.7 Å². The van der Waals surface area contributed by atoms with Crippen molar-refractivity contribution in [3.05, 3.63) is 28.3 Å². The third-order valence-corrected chi connectivity index (χ3v) is 2.77. The minimum atomic E-state index is 0.173. The predicted octanol–water partition coefficient (Wildman–Crippen LogP) is 2.14. The van der Waals surface area contributed by atoms with Crippen LogP contribution in [0.2, 0.25) is 0 Å². The predicted molar refractivity (Wildman–Crippen MR) is 50.2 cm³/mol. The molecule has 1 aliphatic rings. The van der Waals surface area contributed by atoms with E-state index >= 15 is 0 Å². The maximum atomic E-state index is 11.5. The van der Waals surface area contributed by atoms with Gasteiger partial charge in [-0.15, -0.1) is 0 Å². The molecular weight excluding hydrogens is 164 g/mol. The minimum Gasteiger partial charge on any atom is -0.508 e. The Morgan fingerprint density at radius 3 is 2.69 bits per heavy atom. The molecule has 0 bridgehead atoms. The third-order valence-electron chi connectivity index (χ3n) is 2.77. The van der Waals surface area contributed by atoms with Crippen molar-refractivity contribution < 1.29 is 9.90 Å². The van der Waals surface area contributed by atoms with Crippen LogP contribution in [-0.4, -0.2) is 10.9 Å². The van der Waals surface area contributed by atoms with Gasteiger partial charge in [0.05, 0.1) is 0 Å². The fraction of sp³-hybridized carbons (Fsp3) is 0.364. The molecule has 1 aromatic rings. The van der Waals surface area contributed by atoms with Crippen LogP contribution < -0.4 is 0 Å². The summed E-state index contributed by atoms with van der Waals surface area (Å²) in [5, 5.41) is 9.53. The maximum Gasteiger partial charge on any atom is 0.163 e. The number of hydrogen-bond acceptors (Lipinski definition) is 2. The topological polar surface area (TPSA) is 37.3 Å². The highest BCUT2D eigenvalue weighted by atomic mass is 16.3. The van der Waals surface area contributed by atoms with Crippen LogP contribution >= 0.6 is 0 Å². The number of benzene rings is 1. The molecule has 0 fully saturated rings. The molecule has 13 heavy (non-hydrogen) atoms. The third kappa shape index (κ3) is 1.05. The van der Waals surface area contributed by atoms with Gasteiger partial charge in [0.2, 0.25) is 0 Å². The first-order valence-corrected chi connectivity index (χ1v) is 4.46. The molecule has 0 heterocycles. The van der Waals surface area contributed by atoms with Gasteiger partial charge in [0.1, 0.15) is 5.75 Å². The van der Waals surface area contributed by atoms with Gasteiger partial charge in [-0.05, 0) is 37.5 Å². The average Bonchev–Trinajstić information content (AvgIpc) is 2.44. The lowest BCUT2D eigenvalue weighted by atomic mass is 9.98. The van der Waals surface area contributed by atoms with Gasteiger partial charge >= 0.3 is 0 Å². The van der Waals surface area contributed by atoms with E-state index < -0.39 is 0 Å². The van der Waals surface area contributed by atoms with Gasteiger partial charge in [0.15, 0.2) is 5.78 Å². The zero-order valence-corrected chi connectivity index (χ0v) is 7.85. The van der Waals surface area contributed by atoms with Crippen LogP contribution in [0.3, 0.4) is 0 Å². The molecular formula is C11H12O2. The van der Waals surface area contributed by atoms with E-state index in [4.69, 9.17) is 0 Å². The Balaban J connectivity index is 2.77. The molecule has 1 aromatic carbocycles. The number of fused-ring (bicyclic) bond motifs is 1. The van der Waals surface area contributed by atoms with Crippen molar-refractivity contribution in [1.82, 2.24) is 0 Å². The molecule has 0 unspecified atom stereocenters. The maximum absolute atomic E-state index is 11.5. The SMILES string of the molecule is Cc1cc(O)c(C)c2c1CCC2=O. The van der Waals surface area contributed by atoms with Crippen molar-refractivity contribution in [2.75, 3.05) is 0 Å². The smallest absolute Gasteiger partial charge is 0.163 e. The number of Topliss-reactive ketones (excluding diaryl/α,β-unsaturated/α-hetero) is 1. The Kier molecular flexibility index (Phi) is 1.65. The monoisotopic (exact) mass is 176 g/mol. The molecule has 0 saturated heterocycles. The molecule has 0 saturated carbocycles. The molecule has 0 aliphatic heterocycles. The summed E-state index contributed by atoms with van der Waals surface area (Å²) in [5.74, 6) is 0.415. The van der Waals surface area contributed by atoms with Crippen LogP contribution in [0.15, 0.2) is 6.07 Å². The van der Waals surface area contributed by atoms with E-state index in [1.54, 1.807) is 13.0 Å². The summed E-state index contributed by atoms with van der Waals surface area (Å²) in [6, 6.07) is 1.74. The summed E-state index contributed by atoms with van der Waals surface area (Å²) < 4.78 is 0. The highest BCUT2D eigenvalue weighted by Gasteiger charge is 2.24. The fourth-order valence-electron chi connectivity index (χ4n) is 2.02. The first kappa shape index (κ1) is 8.30. The average molecular weight is 176 g/mol. The summed E-state index contributed by atoms with van der Waals surface area (Å²) in [5.41, 5.74) is 3.66. The summed E-state index contributed by atoms with van der Waals surface area (Å²) in [7, 11) is 0. The molecule has 2 heteroatoms. The Bertz CT molecular complexity index is 392. The van der Waals surface area contributed by atoms with E-state index in [1.807, 2.05) is 6.92 Å². The number of hydrogen-bond donors (Lipinski definition) is 1. The molecule has 2 rings (SSSR count). The van der Waals surface area contributed by atoms with Crippen molar-refractivity contribution in [3.63, 3.8) is 0 Å². The van der Waals surface area contributed by atoms with Gasteiger partial charge in [0, 0.05) is 17.5 Å². The summed E-state index contributed by atoms with van der Waals surface area (Å²) >= 11 is 0. The number of aryl methyl sites for hydroxylation is 1. The zero-order valence-electron chi connectivity index (χ0n) is 7.85. The van der Waals surface area contributed by atoms with Crippen LogP contribution in [-0.2, 0) is 6.42 Å². The van der Waals surface area contributed by atoms with Crippen LogP contribution in [0.1, 0.15) is 33.5 Å². The van der Waals surface area contributed by atoms with Gasteiger partial charge in [-0.3, -0.25) is 4.79 Å². The van der Waals surface area contributed by atoms with Gasteiger partial charge < -0.3 is 5.11 Å². The Morgan fingerprint density at radius 1 is 1.31 bits per heavy atom. The molecule has 1 aliphatic carbocycles. The first-order chi connectivity index (χ1) is 6.11. The number of phenols is 1. The van der Waals surface area contributed by atoms with E-state index in [9.17, 15) is 9.90 Å². The summed E-state index contributed by atoms with van der Waals surface area (Å²) in [4.78, 5) is 11.5. The lowest BCUT2D eigenvalue weighted by molar-refractivity contribution is 0.0993. The van der Waals surface area contributed by atoms with Gasteiger partial charge in [-0.25, -0.2) is 0 Å². The quantitative estimate of drug-likeness (QED) is 0.657. The van der Waals surface area contributed by atoms with E-state index in [2.05, 4.69) is 0 Å². The zero-order chi connectivity index (χ0) is 9.59. The fourth-order valence-corrected chi connectivity index (χ4v) is 2.02. The van der Waals surface area contributed by atoms with Crippen molar-refractivity contribution in [3.8, 4) is 5.75 Å². The van der Waals surface area contributed by atoms with Crippen LogP contribution in [0.25, 0.3) is 0 Å². The largest absolute Gasteiger partial charge is 0.508 e. The Hall–Kier alpha value is -1.31. The van der Waals surface area contributed by atoms with Crippen LogP contribution in [0.4, 0.5) is 0 Å². The lowest BCUT2D eigenvalue weighted by Gasteiger charge is -2.08. The minimum absolute atomic E-state index is 0.173. The molecule has 0 spiro atoms. The van der Waals surface area contributed by atoms with Crippen molar-refractivity contribution >= 4 is 5.78 Å². The number of aromatic hydroxyl groups is 1. The van der Waals surface area contributed by atoms with E-state index in [0.717, 1.165) is 28.7 Å². The number of ketones is 1. The van der Waals surface area contributed by atoms with E-state index in [-0.39, 0.29) is 11.5 Å². The molecule has 0 amide bonds. The lowest BCUT2D eigenvalue weighted by Crippen LogP contribution is -1.97. The number of phenolic OH excluding ortho intramolecular Hbond substituents is 1. The molecule has 68 valence electrons. The summed E-state index contributed by atoms with van der Waals surface area (Å²) in [6.45, 7) is 3.74. The Morgan fingerprint density at radius 2 is 2.00 bits per heavy atom. The van der Waals surface area contributed by atoms with E-state index in [0.29, 0.717) is 6.42 Å². The Labute approximate surface area is 77.2 Å². The van der Waals surface area contributed by atoms with Gasteiger partial charge in [0.25, 0.3) is 0 Å². The number of rotatable bonds is 0. The molecule has 0 radical (unpaired) electrons. The molecule has 2 nitrogen and oxygen atoms in total. The highest BCUT2D eigenvalue weighted by molar-refractivity contribution is 6.02. The van der Waals surface area contributed by atoms with E-state index in [1.165, 1.54) is 0 Å². The van der Waals surface area contributed by atoms with Crippen molar-refractivity contribution in [2.24, 2.45) is 0 Å². The standard InChI is InChI=1S/C11H12O2/c1-6-5-10(13)7(2)11-8(6)3-4-9(11)12/h5,13H,3-4H2,1-2H3. The number of carbonyl (C=O) groups excluding carboxylic acids is 1. The molecule has 1 N–H and O–H groups in total. The first-order valence-electron chi connectivity index (χ1n) is 4.46. The van der Waals surface area contributed by atoms with Crippen molar-refractivity contribution in [1.29, 1.82) is 0 Å². The second-order valence-electron chi connectivity index (χ2n) is 3.61. The summed E-state index contributed by atoms with van der Waals surface area (Å²) in [6.07, 6.45) is 1.43. The van der Waals surface area contributed by atoms with Crippen LogP contribution in [0.5, 0.6) is 5.75 Å². The highest BCUT2D eigenvalue weighted by Crippen LogP contribution is 2.33. The second kappa shape index (κ2) is 2.59. The molecule has 0 atom stereocenters.